The van der Waals surface area contributed by atoms with Gasteiger partial charge in [0.15, 0.2) is 9.84 Å². The summed E-state index contributed by atoms with van der Waals surface area (Å²) in [6.45, 7) is 2.67. The topological polar surface area (TPSA) is 58.2 Å². The van der Waals surface area contributed by atoms with Gasteiger partial charge in [0.2, 0.25) is 0 Å². The van der Waals surface area contributed by atoms with Crippen LogP contribution in [0.25, 0.3) is 0 Å². The molecule has 1 aliphatic heterocycles. The Labute approximate surface area is 80.0 Å². The lowest BCUT2D eigenvalue weighted by molar-refractivity contribution is 0.517. The van der Waals surface area contributed by atoms with Crippen LogP contribution in [0.5, 0.6) is 0 Å². The Morgan fingerprint density at radius 2 is 2.15 bits per heavy atom. The second kappa shape index (κ2) is 4.93. The number of nitrogens with one attached hydrogen (secondary N) is 2. The van der Waals surface area contributed by atoms with Crippen molar-refractivity contribution in [2.45, 2.75) is 6.42 Å². The first-order valence-electron chi connectivity index (χ1n) is 4.70. The van der Waals surface area contributed by atoms with Crippen LogP contribution in [0, 0.1) is 5.92 Å². The summed E-state index contributed by atoms with van der Waals surface area (Å²) < 4.78 is 22.2. The number of sulfone groups is 1. The van der Waals surface area contributed by atoms with Crippen molar-refractivity contribution >= 4 is 9.84 Å². The van der Waals surface area contributed by atoms with Crippen LogP contribution >= 0.6 is 0 Å². The zero-order chi connectivity index (χ0) is 9.73. The van der Waals surface area contributed by atoms with Gasteiger partial charge in [0.25, 0.3) is 0 Å². The van der Waals surface area contributed by atoms with E-state index in [4.69, 9.17) is 0 Å². The van der Waals surface area contributed by atoms with Gasteiger partial charge in [-0.2, -0.15) is 0 Å². The maximum atomic E-state index is 11.1. The molecule has 0 radical (unpaired) electrons. The molecule has 1 aliphatic rings. The SMILES string of the molecule is CNCCNCC1CCS(=O)(=O)C1. The fourth-order valence-electron chi connectivity index (χ4n) is 1.55. The highest BCUT2D eigenvalue weighted by molar-refractivity contribution is 7.91. The first-order chi connectivity index (χ1) is 6.14. The summed E-state index contributed by atoms with van der Waals surface area (Å²) in [5.41, 5.74) is 0. The molecule has 1 heterocycles. The van der Waals surface area contributed by atoms with Crippen LogP contribution in [0.1, 0.15) is 6.42 Å². The van der Waals surface area contributed by atoms with Gasteiger partial charge in [0.05, 0.1) is 11.5 Å². The Morgan fingerprint density at radius 1 is 1.38 bits per heavy atom. The van der Waals surface area contributed by atoms with Crippen LogP contribution in [-0.2, 0) is 9.84 Å². The summed E-state index contributed by atoms with van der Waals surface area (Å²) in [6, 6.07) is 0. The van der Waals surface area contributed by atoms with Crippen molar-refractivity contribution in [1.82, 2.24) is 10.6 Å². The third-order valence-electron chi connectivity index (χ3n) is 2.31. The molecule has 2 N–H and O–H groups in total. The highest BCUT2D eigenvalue weighted by Gasteiger charge is 2.26. The fraction of sp³-hybridized carbons (Fsp3) is 1.00. The molecule has 0 aliphatic carbocycles. The monoisotopic (exact) mass is 206 g/mol. The van der Waals surface area contributed by atoms with E-state index in [2.05, 4.69) is 10.6 Å². The Hall–Kier alpha value is -0.130. The molecule has 0 spiro atoms. The molecule has 1 rings (SSSR count). The lowest BCUT2D eigenvalue weighted by Gasteiger charge is -2.08. The number of hydrogen-bond acceptors (Lipinski definition) is 4. The standard InChI is InChI=1S/C8H18N2O2S/c1-9-3-4-10-6-8-2-5-13(11,12)7-8/h8-10H,2-7H2,1H3. The van der Waals surface area contributed by atoms with Crippen LogP contribution in [0.15, 0.2) is 0 Å². The van der Waals surface area contributed by atoms with E-state index in [-0.39, 0.29) is 0 Å². The van der Waals surface area contributed by atoms with E-state index in [1.165, 1.54) is 0 Å². The molecule has 13 heavy (non-hydrogen) atoms. The van der Waals surface area contributed by atoms with Crippen molar-refractivity contribution in [2.75, 3.05) is 38.2 Å². The minimum Gasteiger partial charge on any atom is -0.318 e. The van der Waals surface area contributed by atoms with Gasteiger partial charge in [0.1, 0.15) is 0 Å². The minimum absolute atomic E-state index is 0.335. The van der Waals surface area contributed by atoms with Crippen molar-refractivity contribution in [3.8, 4) is 0 Å². The third kappa shape index (κ3) is 4.06. The lowest BCUT2D eigenvalue weighted by Crippen LogP contribution is -2.29. The van der Waals surface area contributed by atoms with Gasteiger partial charge in [-0.05, 0) is 25.9 Å². The normalized spacial score (nSPS) is 26.4. The number of likely N-dealkylation sites (N-methyl/N-ethyl adjacent to an activating group) is 1. The third-order valence-corrected chi connectivity index (χ3v) is 4.15. The average Bonchev–Trinajstić information content (AvgIpc) is 2.40. The second-order valence-corrected chi connectivity index (χ2v) is 5.81. The van der Waals surface area contributed by atoms with Gasteiger partial charge in [0, 0.05) is 13.1 Å². The van der Waals surface area contributed by atoms with E-state index >= 15 is 0 Å². The predicted molar refractivity (Wildman–Crippen MR) is 53.6 cm³/mol. The summed E-state index contributed by atoms with van der Waals surface area (Å²) in [5.74, 6) is 1.09. The highest BCUT2D eigenvalue weighted by atomic mass is 32.2. The van der Waals surface area contributed by atoms with Crippen LogP contribution in [-0.4, -0.2) is 46.6 Å². The van der Waals surface area contributed by atoms with Gasteiger partial charge >= 0.3 is 0 Å². The maximum absolute atomic E-state index is 11.1. The fourth-order valence-corrected chi connectivity index (χ4v) is 3.41. The molecule has 1 fully saturated rings. The first-order valence-corrected chi connectivity index (χ1v) is 6.52. The molecule has 1 saturated heterocycles. The molecular weight excluding hydrogens is 188 g/mol. The zero-order valence-electron chi connectivity index (χ0n) is 8.04. The average molecular weight is 206 g/mol. The van der Waals surface area contributed by atoms with Crippen LogP contribution in [0.2, 0.25) is 0 Å². The van der Waals surface area contributed by atoms with E-state index in [0.29, 0.717) is 17.4 Å². The molecule has 0 aromatic heterocycles. The molecular formula is C8H18N2O2S. The Kier molecular flexibility index (Phi) is 4.15. The molecule has 5 heteroatoms. The highest BCUT2D eigenvalue weighted by Crippen LogP contribution is 2.16. The number of rotatable bonds is 5. The lowest BCUT2D eigenvalue weighted by atomic mass is 10.1. The van der Waals surface area contributed by atoms with Crippen molar-refractivity contribution in [2.24, 2.45) is 5.92 Å². The Morgan fingerprint density at radius 3 is 2.69 bits per heavy atom. The summed E-state index contributed by atoms with van der Waals surface area (Å²) >= 11 is 0. The molecule has 78 valence electrons. The van der Waals surface area contributed by atoms with Crippen molar-refractivity contribution in [3.05, 3.63) is 0 Å². The van der Waals surface area contributed by atoms with Gasteiger partial charge in [-0.25, -0.2) is 8.42 Å². The molecule has 0 aromatic carbocycles. The van der Waals surface area contributed by atoms with Crippen molar-refractivity contribution in [3.63, 3.8) is 0 Å². The summed E-state index contributed by atoms with van der Waals surface area (Å²) in [6.07, 6.45) is 0.828. The van der Waals surface area contributed by atoms with E-state index in [1.54, 1.807) is 0 Å². The molecule has 1 atom stereocenters. The Bertz CT molecular complexity index is 239. The largest absolute Gasteiger partial charge is 0.318 e. The van der Waals surface area contributed by atoms with Crippen molar-refractivity contribution < 1.29 is 8.42 Å². The van der Waals surface area contributed by atoms with Crippen molar-refractivity contribution in [1.29, 1.82) is 0 Å². The Balaban J connectivity index is 2.11. The van der Waals surface area contributed by atoms with Crippen LogP contribution < -0.4 is 10.6 Å². The molecule has 0 aromatic rings. The molecule has 0 amide bonds. The van der Waals surface area contributed by atoms with Gasteiger partial charge in [-0.3, -0.25) is 0 Å². The summed E-state index contributed by atoms with van der Waals surface area (Å²) in [7, 11) is -0.789. The summed E-state index contributed by atoms with van der Waals surface area (Å²) in [5, 5.41) is 6.27. The predicted octanol–water partition coefficient (Wildman–Crippen LogP) is -0.770. The molecule has 0 bridgehead atoms. The van der Waals surface area contributed by atoms with E-state index in [1.807, 2.05) is 7.05 Å². The summed E-state index contributed by atoms with van der Waals surface area (Å²) in [4.78, 5) is 0. The smallest absolute Gasteiger partial charge is 0.150 e. The van der Waals surface area contributed by atoms with E-state index in [9.17, 15) is 8.42 Å². The van der Waals surface area contributed by atoms with Crippen LogP contribution in [0.3, 0.4) is 0 Å². The quantitative estimate of drug-likeness (QED) is 0.580. The second-order valence-electron chi connectivity index (χ2n) is 3.58. The number of hydrogen-bond donors (Lipinski definition) is 2. The van der Waals surface area contributed by atoms with Gasteiger partial charge in [-0.15, -0.1) is 0 Å². The first kappa shape index (κ1) is 10.9. The van der Waals surface area contributed by atoms with Gasteiger partial charge in [-0.1, -0.05) is 0 Å². The molecule has 0 saturated carbocycles. The molecule has 1 unspecified atom stereocenters. The van der Waals surface area contributed by atoms with Crippen LogP contribution in [0.4, 0.5) is 0 Å². The maximum Gasteiger partial charge on any atom is 0.150 e. The van der Waals surface area contributed by atoms with Gasteiger partial charge < -0.3 is 10.6 Å². The van der Waals surface area contributed by atoms with E-state index < -0.39 is 9.84 Å². The zero-order valence-corrected chi connectivity index (χ0v) is 8.86. The molecule has 4 nitrogen and oxygen atoms in total. The van der Waals surface area contributed by atoms with E-state index in [0.717, 1.165) is 26.1 Å². The minimum atomic E-state index is -2.69.